The Morgan fingerprint density at radius 3 is 1.83 bits per heavy atom. The van der Waals surface area contributed by atoms with Gasteiger partial charge in [-0.1, -0.05) is 98.9 Å². The molecule has 3 aliphatic rings. The Kier molecular flexibility index (Phi) is 23.9. The number of nitrogens with two attached hydrogens (primary N) is 1. The molecule has 2 saturated heterocycles. The summed E-state index contributed by atoms with van der Waals surface area (Å²) in [5.41, 5.74) is 6.05. The highest BCUT2D eigenvalue weighted by Gasteiger charge is 2.52. The van der Waals surface area contributed by atoms with Gasteiger partial charge in [0, 0.05) is 38.7 Å². The molecule has 0 radical (unpaired) electrons. The topological polar surface area (TPSA) is 305 Å². The van der Waals surface area contributed by atoms with Gasteiger partial charge in [0.2, 0.25) is 0 Å². The zero-order chi connectivity index (χ0) is 49.1. The van der Waals surface area contributed by atoms with E-state index in [0.717, 1.165) is 0 Å². The lowest BCUT2D eigenvalue weighted by atomic mass is 9.82. The molecule has 0 aliphatic carbocycles. The number of esters is 1. The van der Waals surface area contributed by atoms with E-state index in [9.17, 15) is 60.3 Å². The molecule has 0 aromatic rings. The fraction of sp³-hybridized carbons (Fsp3) is 0.646. The van der Waals surface area contributed by atoms with Crippen LogP contribution in [0.25, 0.3) is 0 Å². The number of ketones is 1. The molecule has 2 bridgehead atoms. The van der Waals surface area contributed by atoms with Crippen molar-refractivity contribution in [1.29, 1.82) is 0 Å². The number of carbonyl (C=O) groups excluding carboxylic acids is 2. The van der Waals surface area contributed by atoms with Crippen LogP contribution in [0.2, 0.25) is 0 Å². The Hall–Kier alpha value is -3.73. The lowest BCUT2D eigenvalue weighted by Gasteiger charge is -2.47. The number of carbonyl (C=O) groups is 3. The van der Waals surface area contributed by atoms with E-state index < -0.39 is 140 Å². The van der Waals surface area contributed by atoms with Crippen LogP contribution in [0.4, 0.5) is 0 Å². The number of hydrogen-bond donors (Lipinski definition) is 10. The molecule has 18 atom stereocenters. The quantitative estimate of drug-likeness (QED) is 0.179. The molecule has 0 spiro atoms. The first-order valence-corrected chi connectivity index (χ1v) is 22.6. The number of methoxy groups -OCH3 is 1. The number of aliphatic hydroxyl groups is 8. The average molecular weight is 936 g/mol. The Balaban J connectivity index is 1.89. The zero-order valence-corrected chi connectivity index (χ0v) is 38.4. The minimum Gasteiger partial charge on any atom is -0.481 e. The molecule has 11 N–H and O–H groups in total. The number of rotatable bonds is 4. The minimum absolute atomic E-state index is 0.0929. The molecular weight excluding hydrogens is 863 g/mol. The van der Waals surface area contributed by atoms with Crippen LogP contribution in [-0.2, 0) is 38.1 Å². The van der Waals surface area contributed by atoms with Crippen molar-refractivity contribution in [3.63, 3.8) is 0 Å². The van der Waals surface area contributed by atoms with Crippen LogP contribution in [-0.4, -0.2) is 162 Å². The van der Waals surface area contributed by atoms with Crippen molar-refractivity contribution in [2.24, 2.45) is 23.5 Å². The molecule has 18 heteroatoms. The molecule has 0 unspecified atom stereocenters. The van der Waals surface area contributed by atoms with Crippen molar-refractivity contribution in [1.82, 2.24) is 0 Å². The van der Waals surface area contributed by atoms with Gasteiger partial charge in [0.15, 0.2) is 12.1 Å². The number of allylic oxidation sites excluding steroid dienone is 13. The largest absolute Gasteiger partial charge is 0.481 e. The van der Waals surface area contributed by atoms with E-state index in [4.69, 9.17) is 29.4 Å². The lowest BCUT2D eigenvalue weighted by Crippen LogP contribution is -2.61. The molecule has 66 heavy (non-hydrogen) atoms. The standard InChI is InChI=1S/C48H73NO17/c1-28-18-16-14-12-10-8-6-7-9-11-13-15-17-19-35(65-47-45(59)42(49)44(58)31(4)64-47)25-39-41(46(60)61)38(55)27-48(62-5,66-39)26-34(52)23-37(54)36(53)21-20-32(50)22-33(51)24-40(56)63-30(3)29(2)43(28)57/h6-19,28-39,41-42,44-45,47,50-55,58-59H,20-27,49H2,1-5H3,(H,60,61)/b7-6+,10-8+,11-9+,14-12+,15-13+,18-16+,19-17+/t28-,29-,30-,31+,32+,33+,34-,35-,36+,37+,38-,39-,41+,42-,44+,45-,47-,48+/m0/s1. The van der Waals surface area contributed by atoms with E-state index in [1.165, 1.54) is 7.11 Å². The smallest absolute Gasteiger partial charge is 0.311 e. The first kappa shape index (κ1) is 56.6. The predicted molar refractivity (Wildman–Crippen MR) is 241 cm³/mol. The summed E-state index contributed by atoms with van der Waals surface area (Å²) < 4.78 is 29.3. The molecule has 0 aromatic carbocycles. The van der Waals surface area contributed by atoms with E-state index in [-0.39, 0.29) is 37.9 Å². The zero-order valence-electron chi connectivity index (χ0n) is 38.4. The number of Topliss-reactive ketones (excluding diaryl/α,β-unsaturated/α-hetero) is 1. The van der Waals surface area contributed by atoms with Gasteiger partial charge in [0.1, 0.15) is 23.9 Å². The highest BCUT2D eigenvalue weighted by Crippen LogP contribution is 2.40. The molecule has 3 heterocycles. The number of carboxylic acids is 1. The maximum absolute atomic E-state index is 13.0. The van der Waals surface area contributed by atoms with Gasteiger partial charge in [-0.3, -0.25) is 14.4 Å². The van der Waals surface area contributed by atoms with E-state index in [0.29, 0.717) is 0 Å². The summed E-state index contributed by atoms with van der Waals surface area (Å²) >= 11 is 0. The Bertz CT molecular complexity index is 1730. The van der Waals surface area contributed by atoms with Crippen LogP contribution < -0.4 is 5.73 Å². The lowest BCUT2D eigenvalue weighted by molar-refractivity contribution is -0.317. The second kappa shape index (κ2) is 27.9. The number of ether oxygens (including phenoxy) is 5. The van der Waals surface area contributed by atoms with Crippen LogP contribution >= 0.6 is 0 Å². The molecule has 0 aromatic heterocycles. The molecule has 3 aliphatic heterocycles. The molecule has 0 amide bonds. The van der Waals surface area contributed by atoms with E-state index >= 15 is 0 Å². The minimum atomic E-state index is -1.79. The van der Waals surface area contributed by atoms with Gasteiger partial charge in [-0.15, -0.1) is 0 Å². The number of aliphatic carboxylic acids is 1. The summed E-state index contributed by atoms with van der Waals surface area (Å²) in [5.74, 6) is -6.71. The van der Waals surface area contributed by atoms with Crippen LogP contribution in [0.15, 0.2) is 85.1 Å². The van der Waals surface area contributed by atoms with Crippen molar-refractivity contribution >= 4 is 17.7 Å². The second-order valence-corrected chi connectivity index (χ2v) is 17.5. The second-order valence-electron chi connectivity index (χ2n) is 17.5. The van der Waals surface area contributed by atoms with E-state index in [1.54, 1.807) is 113 Å². The van der Waals surface area contributed by atoms with Crippen molar-refractivity contribution in [3.8, 4) is 0 Å². The van der Waals surface area contributed by atoms with Crippen LogP contribution in [0.1, 0.15) is 79.1 Å². The number of carboxylic acid groups (broad SMARTS) is 1. The molecule has 372 valence electrons. The highest BCUT2D eigenvalue weighted by molar-refractivity contribution is 5.85. The van der Waals surface area contributed by atoms with Crippen molar-refractivity contribution in [2.75, 3.05) is 7.11 Å². The number of hydrogen-bond acceptors (Lipinski definition) is 17. The van der Waals surface area contributed by atoms with E-state index in [1.807, 2.05) is 0 Å². The Morgan fingerprint density at radius 2 is 1.26 bits per heavy atom. The summed E-state index contributed by atoms with van der Waals surface area (Å²) in [6.45, 7) is 6.52. The highest BCUT2D eigenvalue weighted by atomic mass is 16.7. The Morgan fingerprint density at radius 1 is 0.682 bits per heavy atom. The third-order valence-corrected chi connectivity index (χ3v) is 12.1. The van der Waals surface area contributed by atoms with E-state index in [2.05, 4.69) is 0 Å². The van der Waals surface area contributed by atoms with Gasteiger partial charge in [-0.2, -0.15) is 0 Å². The summed E-state index contributed by atoms with van der Waals surface area (Å²) in [6.07, 6.45) is 5.39. The Labute approximate surface area is 387 Å². The number of cyclic esters (lactones) is 1. The third-order valence-electron chi connectivity index (χ3n) is 12.1. The van der Waals surface area contributed by atoms with Crippen LogP contribution in [0, 0.1) is 17.8 Å². The predicted octanol–water partition coefficient (Wildman–Crippen LogP) is 1.57. The fourth-order valence-corrected chi connectivity index (χ4v) is 8.02. The molecule has 2 fully saturated rings. The van der Waals surface area contributed by atoms with Gasteiger partial charge in [0.05, 0.1) is 79.4 Å². The number of aliphatic hydroxyl groups excluding tert-OH is 8. The van der Waals surface area contributed by atoms with Gasteiger partial charge in [0.25, 0.3) is 0 Å². The normalized spacial score (nSPS) is 43.9. The maximum Gasteiger partial charge on any atom is 0.311 e. The molecular formula is C48H73NO17. The summed E-state index contributed by atoms with van der Waals surface area (Å²) in [7, 11) is 1.24. The van der Waals surface area contributed by atoms with Crippen LogP contribution in [0.3, 0.4) is 0 Å². The molecule has 3 rings (SSSR count). The summed E-state index contributed by atoms with van der Waals surface area (Å²) in [4.78, 5) is 38.2. The van der Waals surface area contributed by atoms with Gasteiger partial charge in [-0.05, 0) is 33.1 Å². The van der Waals surface area contributed by atoms with Crippen molar-refractivity contribution in [2.45, 2.75) is 170 Å². The third kappa shape index (κ3) is 18.1. The van der Waals surface area contributed by atoms with Crippen LogP contribution in [0.5, 0.6) is 0 Å². The van der Waals surface area contributed by atoms with Gasteiger partial charge in [-0.25, -0.2) is 0 Å². The SMILES string of the molecule is CO[C@]12C[C@@H](O)C[C@@H](O)[C@H](O)CC[C@@H](O)C[C@@H](O)CC(=O)O[C@@H](C)[C@H](C)C(=O)[C@@H](C)/C=C/C=C/C=C/C=C/C=C/C=C/C=C/[C@H](O[C@@H]3O[C@H](C)[C@@H](O)[C@H](N)[C@@H]3O)C[C@H](O1)[C@H](C(=O)O)[C@@H](O)C2. The molecule has 18 nitrogen and oxygen atoms in total. The first-order chi connectivity index (χ1) is 31.2. The van der Waals surface area contributed by atoms with Crippen molar-refractivity contribution in [3.05, 3.63) is 85.1 Å². The van der Waals surface area contributed by atoms with Crippen molar-refractivity contribution < 1.29 is 84.0 Å². The van der Waals surface area contributed by atoms with Gasteiger partial charge >= 0.3 is 11.9 Å². The number of fused-ring (bicyclic) bond motifs is 2. The monoisotopic (exact) mass is 935 g/mol. The summed E-state index contributed by atoms with van der Waals surface area (Å²) in [5, 5.41) is 96.6. The van der Waals surface area contributed by atoms with Gasteiger partial charge < -0.3 is 75.4 Å². The maximum atomic E-state index is 13.0. The molecule has 0 saturated carbocycles. The first-order valence-electron chi connectivity index (χ1n) is 22.6. The fourth-order valence-electron chi connectivity index (χ4n) is 8.02. The summed E-state index contributed by atoms with van der Waals surface area (Å²) in [6, 6.07) is -1.13. The average Bonchev–Trinajstić information content (AvgIpc) is 3.24.